The fraction of sp³-hybridized carbons (Fsp3) is 0.545. The van der Waals surface area contributed by atoms with E-state index in [0.29, 0.717) is 18.4 Å². The SMILES string of the molecule is Cc1csc(C(=O)O)c1S(=O)(=O)NC1(CO)CCC1. The molecule has 0 unspecified atom stereocenters. The number of thiophene rings is 1. The Morgan fingerprint density at radius 1 is 1.53 bits per heavy atom. The second-order valence-corrected chi connectivity index (χ2v) is 7.28. The van der Waals surface area contributed by atoms with Crippen LogP contribution < -0.4 is 4.72 Å². The predicted molar refractivity (Wildman–Crippen MR) is 70.0 cm³/mol. The third-order valence-corrected chi connectivity index (χ3v) is 6.33. The Morgan fingerprint density at radius 3 is 2.58 bits per heavy atom. The maximum absolute atomic E-state index is 12.3. The number of carboxylic acid groups (broad SMARTS) is 1. The highest BCUT2D eigenvalue weighted by molar-refractivity contribution is 7.89. The summed E-state index contributed by atoms with van der Waals surface area (Å²) in [6, 6.07) is 0. The Kier molecular flexibility index (Phi) is 3.69. The minimum Gasteiger partial charge on any atom is -0.477 e. The van der Waals surface area contributed by atoms with Gasteiger partial charge in [0.15, 0.2) is 0 Å². The molecule has 6 nitrogen and oxygen atoms in total. The zero-order chi connectivity index (χ0) is 14.3. The Bertz CT molecular complexity index is 595. The van der Waals surface area contributed by atoms with Crippen LogP contribution in [0.4, 0.5) is 0 Å². The van der Waals surface area contributed by atoms with Crippen molar-refractivity contribution in [2.24, 2.45) is 0 Å². The first-order chi connectivity index (χ1) is 8.81. The molecule has 0 saturated heterocycles. The third kappa shape index (κ3) is 2.53. The van der Waals surface area contributed by atoms with Crippen molar-refractivity contribution in [1.29, 1.82) is 0 Å². The van der Waals surface area contributed by atoms with Crippen molar-refractivity contribution in [3.63, 3.8) is 0 Å². The van der Waals surface area contributed by atoms with Gasteiger partial charge >= 0.3 is 5.97 Å². The molecule has 0 atom stereocenters. The fourth-order valence-corrected chi connectivity index (χ4v) is 5.23. The van der Waals surface area contributed by atoms with Crippen LogP contribution in [0.15, 0.2) is 10.3 Å². The Morgan fingerprint density at radius 2 is 2.16 bits per heavy atom. The van der Waals surface area contributed by atoms with E-state index in [-0.39, 0.29) is 16.4 Å². The minimum absolute atomic E-state index is 0.190. The molecule has 0 spiro atoms. The van der Waals surface area contributed by atoms with E-state index in [0.717, 1.165) is 17.8 Å². The lowest BCUT2D eigenvalue weighted by Crippen LogP contribution is -2.56. The Hall–Kier alpha value is -0.960. The molecule has 1 aliphatic rings. The van der Waals surface area contributed by atoms with E-state index in [2.05, 4.69) is 4.72 Å². The summed E-state index contributed by atoms with van der Waals surface area (Å²) in [4.78, 5) is 10.7. The van der Waals surface area contributed by atoms with Crippen molar-refractivity contribution in [2.75, 3.05) is 6.61 Å². The first-order valence-corrected chi connectivity index (χ1v) is 8.14. The van der Waals surface area contributed by atoms with E-state index in [9.17, 15) is 18.3 Å². The van der Waals surface area contributed by atoms with Crippen molar-refractivity contribution < 1.29 is 23.4 Å². The summed E-state index contributed by atoms with van der Waals surface area (Å²) in [6.07, 6.45) is 1.97. The van der Waals surface area contributed by atoms with E-state index in [1.807, 2.05) is 0 Å². The maximum Gasteiger partial charge on any atom is 0.347 e. The molecule has 0 bridgehead atoms. The summed E-state index contributed by atoms with van der Waals surface area (Å²) in [6.45, 7) is 1.28. The second-order valence-electron chi connectivity index (χ2n) is 4.78. The number of carbonyl (C=O) groups is 1. The summed E-state index contributed by atoms with van der Waals surface area (Å²) in [5.74, 6) is -1.26. The normalized spacial score (nSPS) is 18.0. The van der Waals surface area contributed by atoms with E-state index in [1.165, 1.54) is 5.38 Å². The molecule has 106 valence electrons. The van der Waals surface area contributed by atoms with Gasteiger partial charge in [-0.25, -0.2) is 17.9 Å². The van der Waals surface area contributed by atoms with Crippen molar-refractivity contribution in [1.82, 2.24) is 4.72 Å². The molecule has 0 aliphatic heterocycles. The largest absolute Gasteiger partial charge is 0.477 e. The van der Waals surface area contributed by atoms with E-state index >= 15 is 0 Å². The van der Waals surface area contributed by atoms with Crippen LogP contribution in [0.5, 0.6) is 0 Å². The van der Waals surface area contributed by atoms with Crippen LogP contribution in [0.3, 0.4) is 0 Å². The predicted octanol–water partition coefficient (Wildman–Crippen LogP) is 0.948. The van der Waals surface area contributed by atoms with E-state index < -0.39 is 21.5 Å². The number of aliphatic hydroxyl groups excluding tert-OH is 1. The van der Waals surface area contributed by atoms with Crippen molar-refractivity contribution in [2.45, 2.75) is 36.6 Å². The van der Waals surface area contributed by atoms with Crippen LogP contribution in [0.2, 0.25) is 0 Å². The number of hydrogen-bond donors (Lipinski definition) is 3. The van der Waals surface area contributed by atoms with Crippen molar-refractivity contribution in [3.8, 4) is 0 Å². The van der Waals surface area contributed by atoms with E-state index in [4.69, 9.17) is 5.11 Å². The first kappa shape index (κ1) is 14.4. The molecule has 0 aromatic carbocycles. The number of hydrogen-bond acceptors (Lipinski definition) is 5. The van der Waals surface area contributed by atoms with Gasteiger partial charge in [-0.1, -0.05) is 0 Å². The van der Waals surface area contributed by atoms with Crippen LogP contribution in [0, 0.1) is 6.92 Å². The molecule has 1 heterocycles. The van der Waals surface area contributed by atoms with Gasteiger partial charge in [0.25, 0.3) is 0 Å². The molecule has 1 aliphatic carbocycles. The zero-order valence-electron chi connectivity index (χ0n) is 10.3. The standard InChI is InChI=1S/C11H15NO5S2/c1-7-5-18-8(10(14)15)9(7)19(16,17)12-11(6-13)3-2-4-11/h5,12-13H,2-4,6H2,1H3,(H,14,15). The van der Waals surface area contributed by atoms with Crippen molar-refractivity contribution in [3.05, 3.63) is 15.8 Å². The van der Waals surface area contributed by atoms with Gasteiger partial charge in [-0.3, -0.25) is 0 Å². The molecule has 3 N–H and O–H groups in total. The molecule has 1 saturated carbocycles. The summed E-state index contributed by atoms with van der Waals surface area (Å²) >= 11 is 0.889. The smallest absolute Gasteiger partial charge is 0.347 e. The number of aliphatic hydroxyl groups is 1. The van der Waals surface area contributed by atoms with Gasteiger partial charge in [0, 0.05) is 0 Å². The van der Waals surface area contributed by atoms with Crippen LogP contribution in [0.1, 0.15) is 34.5 Å². The topological polar surface area (TPSA) is 104 Å². The third-order valence-electron chi connectivity index (χ3n) is 3.35. The minimum atomic E-state index is -3.93. The Balaban J connectivity index is 2.40. The molecular formula is C11H15NO5S2. The lowest BCUT2D eigenvalue weighted by Gasteiger charge is -2.40. The summed E-state index contributed by atoms with van der Waals surface area (Å²) in [5.41, 5.74) is -0.425. The van der Waals surface area contributed by atoms with Crippen LogP contribution in [0.25, 0.3) is 0 Å². The quantitative estimate of drug-likeness (QED) is 0.751. The van der Waals surface area contributed by atoms with Gasteiger partial charge in [-0.15, -0.1) is 11.3 Å². The molecule has 0 radical (unpaired) electrons. The molecule has 1 fully saturated rings. The Labute approximate surface area is 115 Å². The van der Waals surface area contributed by atoms with Gasteiger partial charge in [-0.2, -0.15) is 0 Å². The lowest BCUT2D eigenvalue weighted by molar-refractivity contribution is 0.0698. The molecule has 0 amide bonds. The van der Waals surface area contributed by atoms with Gasteiger partial charge in [0.05, 0.1) is 12.1 Å². The summed E-state index contributed by atoms with van der Waals surface area (Å²) in [7, 11) is -3.93. The highest BCUT2D eigenvalue weighted by atomic mass is 32.2. The summed E-state index contributed by atoms with van der Waals surface area (Å²) in [5, 5.41) is 19.8. The van der Waals surface area contributed by atoms with Crippen LogP contribution >= 0.6 is 11.3 Å². The average Bonchev–Trinajstić information content (AvgIpc) is 2.66. The highest BCUT2D eigenvalue weighted by Crippen LogP contribution is 2.35. The van der Waals surface area contributed by atoms with Gasteiger partial charge in [0.2, 0.25) is 10.0 Å². The van der Waals surface area contributed by atoms with Gasteiger partial charge in [-0.05, 0) is 37.1 Å². The maximum atomic E-state index is 12.3. The molecule has 2 rings (SSSR count). The number of nitrogens with one attached hydrogen (secondary N) is 1. The van der Waals surface area contributed by atoms with Crippen molar-refractivity contribution >= 4 is 27.3 Å². The summed E-state index contributed by atoms with van der Waals surface area (Å²) < 4.78 is 27.1. The monoisotopic (exact) mass is 305 g/mol. The lowest BCUT2D eigenvalue weighted by atomic mass is 9.78. The van der Waals surface area contributed by atoms with E-state index in [1.54, 1.807) is 6.92 Å². The van der Waals surface area contributed by atoms with Crippen LogP contribution in [-0.4, -0.2) is 36.7 Å². The van der Waals surface area contributed by atoms with Crippen LogP contribution in [-0.2, 0) is 10.0 Å². The second kappa shape index (κ2) is 4.86. The number of aryl methyl sites for hydroxylation is 1. The number of sulfonamides is 1. The fourth-order valence-electron chi connectivity index (χ4n) is 2.15. The highest BCUT2D eigenvalue weighted by Gasteiger charge is 2.41. The first-order valence-electron chi connectivity index (χ1n) is 5.77. The van der Waals surface area contributed by atoms with Gasteiger partial charge in [0.1, 0.15) is 9.77 Å². The van der Waals surface area contributed by atoms with Gasteiger partial charge < -0.3 is 10.2 Å². The number of rotatable bonds is 5. The number of carboxylic acids is 1. The molecular weight excluding hydrogens is 290 g/mol. The molecule has 19 heavy (non-hydrogen) atoms. The average molecular weight is 305 g/mol. The molecule has 1 aromatic heterocycles. The molecule has 1 aromatic rings. The number of aromatic carboxylic acids is 1. The molecule has 8 heteroatoms. The zero-order valence-corrected chi connectivity index (χ0v) is 12.0.